The van der Waals surface area contributed by atoms with Crippen molar-refractivity contribution in [1.82, 2.24) is 9.88 Å². The van der Waals surface area contributed by atoms with Crippen LogP contribution in [0.5, 0.6) is 5.75 Å². The van der Waals surface area contributed by atoms with Gasteiger partial charge in [-0.2, -0.15) is 0 Å². The quantitative estimate of drug-likeness (QED) is 0.909. The molecule has 2 aromatic rings. The Bertz CT molecular complexity index is 621. The number of aliphatic hydroxyl groups excluding tert-OH is 1. The summed E-state index contributed by atoms with van der Waals surface area (Å²) in [6.45, 7) is 5.52. The number of nitrogens with zero attached hydrogens (tertiary/aromatic N) is 1. The van der Waals surface area contributed by atoms with Crippen molar-refractivity contribution in [3.05, 3.63) is 29.5 Å². The fraction of sp³-hybridized carbons (Fsp3) is 0.529. The minimum atomic E-state index is 0.305. The minimum Gasteiger partial charge on any atom is -0.497 e. The third-order valence-electron chi connectivity index (χ3n) is 4.61. The van der Waals surface area contributed by atoms with E-state index in [1.807, 2.05) is 6.07 Å². The number of ether oxygens (including phenoxy) is 1. The van der Waals surface area contributed by atoms with Gasteiger partial charge in [-0.3, -0.25) is 4.90 Å². The third-order valence-corrected chi connectivity index (χ3v) is 4.61. The summed E-state index contributed by atoms with van der Waals surface area (Å²) in [6.07, 6.45) is 2.33. The molecule has 2 heterocycles. The lowest BCUT2D eigenvalue weighted by atomic mass is 9.99. The van der Waals surface area contributed by atoms with E-state index in [0.717, 1.165) is 31.8 Å². The second-order valence-electron chi connectivity index (χ2n) is 6.07. The number of hydrogen-bond acceptors (Lipinski definition) is 3. The fourth-order valence-electron chi connectivity index (χ4n) is 3.31. The second-order valence-corrected chi connectivity index (χ2v) is 6.07. The van der Waals surface area contributed by atoms with Gasteiger partial charge in [0.05, 0.1) is 7.11 Å². The molecule has 114 valence electrons. The maximum atomic E-state index is 9.35. The van der Waals surface area contributed by atoms with Gasteiger partial charge in [-0.1, -0.05) is 0 Å². The molecule has 1 aromatic carbocycles. The van der Waals surface area contributed by atoms with Gasteiger partial charge in [0.25, 0.3) is 0 Å². The maximum Gasteiger partial charge on any atom is 0.119 e. The Morgan fingerprint density at radius 2 is 2.29 bits per heavy atom. The van der Waals surface area contributed by atoms with E-state index in [1.165, 1.54) is 28.6 Å². The molecular weight excluding hydrogens is 264 g/mol. The Balaban J connectivity index is 1.82. The van der Waals surface area contributed by atoms with Gasteiger partial charge in [-0.25, -0.2) is 0 Å². The Hall–Kier alpha value is -1.52. The predicted molar refractivity (Wildman–Crippen MR) is 84.7 cm³/mol. The van der Waals surface area contributed by atoms with Gasteiger partial charge < -0.3 is 14.8 Å². The average molecular weight is 288 g/mol. The number of hydrogen-bond donors (Lipinski definition) is 2. The van der Waals surface area contributed by atoms with E-state index in [0.29, 0.717) is 12.5 Å². The first kappa shape index (κ1) is 14.4. The molecule has 0 radical (unpaired) electrons. The molecule has 0 saturated carbocycles. The van der Waals surface area contributed by atoms with Crippen molar-refractivity contribution in [3.8, 4) is 5.75 Å². The summed E-state index contributed by atoms with van der Waals surface area (Å²) < 4.78 is 5.31. The van der Waals surface area contributed by atoms with Crippen molar-refractivity contribution in [2.45, 2.75) is 26.3 Å². The van der Waals surface area contributed by atoms with Gasteiger partial charge >= 0.3 is 0 Å². The molecule has 1 aliphatic rings. The first-order chi connectivity index (χ1) is 10.2. The lowest BCUT2D eigenvalue weighted by Gasteiger charge is -2.31. The molecule has 0 aliphatic carbocycles. The fourth-order valence-corrected chi connectivity index (χ4v) is 3.31. The van der Waals surface area contributed by atoms with Gasteiger partial charge in [0, 0.05) is 36.3 Å². The SMILES string of the molecule is COc1ccc2[nH]c(CN3CCC[C@@H](CO)C3)c(C)c2c1. The normalized spacial score (nSPS) is 20.0. The zero-order valence-corrected chi connectivity index (χ0v) is 12.9. The number of fused-ring (bicyclic) bond motifs is 1. The Morgan fingerprint density at radius 1 is 1.43 bits per heavy atom. The molecule has 1 atom stereocenters. The third kappa shape index (κ3) is 2.92. The highest BCUT2D eigenvalue weighted by Gasteiger charge is 2.20. The van der Waals surface area contributed by atoms with Gasteiger partial charge in [0.15, 0.2) is 0 Å². The van der Waals surface area contributed by atoms with Crippen LogP contribution >= 0.6 is 0 Å². The topological polar surface area (TPSA) is 48.5 Å². The van der Waals surface area contributed by atoms with E-state index in [4.69, 9.17) is 4.74 Å². The van der Waals surface area contributed by atoms with Crippen LogP contribution in [0.4, 0.5) is 0 Å². The van der Waals surface area contributed by atoms with Gasteiger partial charge in [0.1, 0.15) is 5.75 Å². The highest BCUT2D eigenvalue weighted by molar-refractivity contribution is 5.85. The number of benzene rings is 1. The number of aliphatic hydroxyl groups is 1. The maximum absolute atomic E-state index is 9.35. The molecule has 0 amide bonds. The minimum absolute atomic E-state index is 0.305. The van der Waals surface area contributed by atoms with Crippen LogP contribution in [0.25, 0.3) is 10.9 Å². The van der Waals surface area contributed by atoms with E-state index in [1.54, 1.807) is 7.11 Å². The number of aryl methyl sites for hydroxylation is 1. The Labute approximate surface area is 125 Å². The van der Waals surface area contributed by atoms with Crippen molar-refractivity contribution >= 4 is 10.9 Å². The number of likely N-dealkylation sites (tertiary alicyclic amines) is 1. The number of rotatable bonds is 4. The van der Waals surface area contributed by atoms with Crippen LogP contribution in [0.2, 0.25) is 0 Å². The van der Waals surface area contributed by atoms with E-state index >= 15 is 0 Å². The lowest BCUT2D eigenvalue weighted by Crippen LogP contribution is -2.36. The molecule has 3 rings (SSSR count). The first-order valence-corrected chi connectivity index (χ1v) is 7.69. The van der Waals surface area contributed by atoms with Crippen molar-refractivity contribution in [2.24, 2.45) is 5.92 Å². The summed E-state index contributed by atoms with van der Waals surface area (Å²) in [7, 11) is 1.70. The van der Waals surface area contributed by atoms with Crippen molar-refractivity contribution < 1.29 is 9.84 Å². The van der Waals surface area contributed by atoms with Crippen LogP contribution in [0.15, 0.2) is 18.2 Å². The number of nitrogens with one attached hydrogen (secondary N) is 1. The van der Waals surface area contributed by atoms with Crippen molar-refractivity contribution in [1.29, 1.82) is 0 Å². The summed E-state index contributed by atoms with van der Waals surface area (Å²) >= 11 is 0. The second kappa shape index (κ2) is 6.08. The lowest BCUT2D eigenvalue weighted by molar-refractivity contribution is 0.115. The van der Waals surface area contributed by atoms with E-state index in [-0.39, 0.29) is 0 Å². The van der Waals surface area contributed by atoms with Gasteiger partial charge in [-0.15, -0.1) is 0 Å². The molecule has 2 N–H and O–H groups in total. The number of H-pyrrole nitrogens is 1. The molecule has 4 nitrogen and oxygen atoms in total. The summed E-state index contributed by atoms with van der Waals surface area (Å²) in [5, 5.41) is 10.6. The zero-order chi connectivity index (χ0) is 14.8. The van der Waals surface area contributed by atoms with Crippen molar-refractivity contribution in [3.63, 3.8) is 0 Å². The number of aromatic amines is 1. The van der Waals surface area contributed by atoms with Gasteiger partial charge in [0.2, 0.25) is 0 Å². The molecule has 1 fully saturated rings. The summed E-state index contributed by atoms with van der Waals surface area (Å²) in [6, 6.07) is 6.17. The average Bonchev–Trinajstić information content (AvgIpc) is 2.83. The molecule has 0 spiro atoms. The standard InChI is InChI=1S/C17H24N2O2/c1-12-15-8-14(21-2)5-6-16(15)18-17(12)10-19-7-3-4-13(9-19)11-20/h5-6,8,13,18,20H,3-4,7,9-11H2,1-2H3/t13-/m1/s1. The molecule has 0 unspecified atom stereocenters. The molecule has 1 aliphatic heterocycles. The highest BCUT2D eigenvalue weighted by Crippen LogP contribution is 2.27. The summed E-state index contributed by atoms with van der Waals surface area (Å²) in [5.41, 5.74) is 3.74. The molecule has 4 heteroatoms. The van der Waals surface area contributed by atoms with Crippen LogP contribution in [-0.4, -0.2) is 41.8 Å². The van der Waals surface area contributed by atoms with E-state index in [9.17, 15) is 5.11 Å². The predicted octanol–water partition coefficient (Wildman–Crippen LogP) is 2.69. The van der Waals surface area contributed by atoms with Gasteiger partial charge in [-0.05, 0) is 56.0 Å². The Kier molecular flexibility index (Phi) is 4.17. The summed E-state index contributed by atoms with van der Waals surface area (Å²) in [5.74, 6) is 1.33. The van der Waals surface area contributed by atoms with Crippen LogP contribution in [0, 0.1) is 12.8 Å². The van der Waals surface area contributed by atoms with Crippen LogP contribution in [-0.2, 0) is 6.54 Å². The molecular formula is C17H24N2O2. The number of piperidine rings is 1. The smallest absolute Gasteiger partial charge is 0.119 e. The number of aromatic nitrogens is 1. The molecule has 0 bridgehead atoms. The number of methoxy groups -OCH3 is 1. The summed E-state index contributed by atoms with van der Waals surface area (Å²) in [4.78, 5) is 5.98. The molecule has 1 saturated heterocycles. The van der Waals surface area contributed by atoms with Crippen LogP contribution < -0.4 is 4.74 Å². The van der Waals surface area contributed by atoms with E-state index < -0.39 is 0 Å². The zero-order valence-electron chi connectivity index (χ0n) is 12.9. The highest BCUT2D eigenvalue weighted by atomic mass is 16.5. The molecule has 1 aromatic heterocycles. The van der Waals surface area contributed by atoms with E-state index in [2.05, 4.69) is 28.9 Å². The van der Waals surface area contributed by atoms with Crippen LogP contribution in [0.1, 0.15) is 24.1 Å². The van der Waals surface area contributed by atoms with Crippen molar-refractivity contribution in [2.75, 3.05) is 26.8 Å². The molecule has 21 heavy (non-hydrogen) atoms. The Morgan fingerprint density at radius 3 is 3.05 bits per heavy atom. The largest absolute Gasteiger partial charge is 0.497 e. The monoisotopic (exact) mass is 288 g/mol. The first-order valence-electron chi connectivity index (χ1n) is 7.69. The van der Waals surface area contributed by atoms with Crippen LogP contribution in [0.3, 0.4) is 0 Å².